The number of benzene rings is 1. The minimum absolute atomic E-state index is 0.826. The third-order valence-electron chi connectivity index (χ3n) is 2.77. The largest absolute Gasteiger partial charge is 0.358 e. The highest BCUT2D eigenvalue weighted by Gasteiger charge is 2.13. The molecule has 80 valence electrons. The standard InChI is InChI=1S/C13H12N2O/c1-8-7-12(16-15-8)13-9(2)14-11-6-4-3-5-10(11)13/h3-7,14H,1-2H3. The van der Waals surface area contributed by atoms with Crippen LogP contribution in [0.5, 0.6) is 0 Å². The molecule has 0 saturated carbocycles. The van der Waals surface area contributed by atoms with Crippen molar-refractivity contribution in [2.45, 2.75) is 13.8 Å². The topological polar surface area (TPSA) is 41.8 Å². The minimum Gasteiger partial charge on any atom is -0.358 e. The van der Waals surface area contributed by atoms with Gasteiger partial charge < -0.3 is 9.51 Å². The molecule has 3 aromatic rings. The van der Waals surface area contributed by atoms with E-state index in [0.717, 1.165) is 28.2 Å². The number of nitrogens with one attached hydrogen (secondary N) is 1. The Hall–Kier alpha value is -2.03. The van der Waals surface area contributed by atoms with E-state index in [1.54, 1.807) is 0 Å². The van der Waals surface area contributed by atoms with E-state index in [1.807, 2.05) is 32.0 Å². The molecule has 0 unspecified atom stereocenters. The first-order valence-corrected chi connectivity index (χ1v) is 5.27. The van der Waals surface area contributed by atoms with Crippen molar-refractivity contribution >= 4 is 10.9 Å². The molecule has 0 saturated heterocycles. The lowest BCUT2D eigenvalue weighted by Gasteiger charge is -1.94. The molecular weight excluding hydrogens is 200 g/mol. The van der Waals surface area contributed by atoms with Crippen LogP contribution in [-0.4, -0.2) is 10.1 Å². The van der Waals surface area contributed by atoms with E-state index in [2.05, 4.69) is 22.3 Å². The first-order valence-electron chi connectivity index (χ1n) is 5.27. The molecule has 0 spiro atoms. The molecule has 1 aromatic carbocycles. The Bertz CT molecular complexity index is 649. The van der Waals surface area contributed by atoms with Crippen LogP contribution < -0.4 is 0 Å². The number of aromatic nitrogens is 2. The number of para-hydroxylation sites is 1. The molecule has 2 heterocycles. The zero-order valence-corrected chi connectivity index (χ0v) is 9.24. The first kappa shape index (κ1) is 9.21. The SMILES string of the molecule is Cc1cc(-c2c(C)[nH]c3ccccc23)on1. The van der Waals surface area contributed by atoms with E-state index < -0.39 is 0 Å². The van der Waals surface area contributed by atoms with Gasteiger partial charge in [0.2, 0.25) is 0 Å². The van der Waals surface area contributed by atoms with Crippen molar-refractivity contribution < 1.29 is 4.52 Å². The van der Waals surface area contributed by atoms with Gasteiger partial charge >= 0.3 is 0 Å². The zero-order chi connectivity index (χ0) is 11.1. The molecule has 3 nitrogen and oxygen atoms in total. The van der Waals surface area contributed by atoms with Crippen molar-refractivity contribution in [3.63, 3.8) is 0 Å². The predicted molar refractivity (Wildman–Crippen MR) is 63.3 cm³/mol. The second-order valence-electron chi connectivity index (χ2n) is 4.00. The van der Waals surface area contributed by atoms with E-state index in [-0.39, 0.29) is 0 Å². The molecule has 16 heavy (non-hydrogen) atoms. The van der Waals surface area contributed by atoms with Crippen molar-refractivity contribution in [3.05, 3.63) is 41.7 Å². The Morgan fingerprint density at radius 1 is 1.19 bits per heavy atom. The normalized spacial score (nSPS) is 11.1. The number of hydrogen-bond donors (Lipinski definition) is 1. The summed E-state index contributed by atoms with van der Waals surface area (Å²) in [5.74, 6) is 0.826. The fourth-order valence-corrected chi connectivity index (χ4v) is 2.08. The summed E-state index contributed by atoms with van der Waals surface area (Å²) in [6, 6.07) is 10.2. The molecular formula is C13H12N2O. The monoisotopic (exact) mass is 212 g/mol. The number of rotatable bonds is 1. The lowest BCUT2D eigenvalue weighted by Crippen LogP contribution is -1.75. The van der Waals surface area contributed by atoms with Gasteiger partial charge in [0.25, 0.3) is 0 Å². The molecule has 1 N–H and O–H groups in total. The van der Waals surface area contributed by atoms with Crippen LogP contribution in [0.3, 0.4) is 0 Å². The van der Waals surface area contributed by atoms with Crippen molar-refractivity contribution in [1.29, 1.82) is 0 Å². The van der Waals surface area contributed by atoms with Crippen LogP contribution in [-0.2, 0) is 0 Å². The summed E-state index contributed by atoms with van der Waals surface area (Å²) in [5.41, 5.74) is 4.25. The Kier molecular flexibility index (Phi) is 1.86. The average molecular weight is 212 g/mol. The molecule has 2 aromatic heterocycles. The second-order valence-corrected chi connectivity index (χ2v) is 4.00. The van der Waals surface area contributed by atoms with E-state index in [9.17, 15) is 0 Å². The van der Waals surface area contributed by atoms with Gasteiger partial charge in [0, 0.05) is 28.2 Å². The molecule has 3 heteroatoms. The molecule has 0 aliphatic rings. The lowest BCUT2D eigenvalue weighted by molar-refractivity contribution is 0.427. The van der Waals surface area contributed by atoms with E-state index in [0.29, 0.717) is 0 Å². The first-order chi connectivity index (χ1) is 7.75. The van der Waals surface area contributed by atoms with Crippen molar-refractivity contribution in [3.8, 4) is 11.3 Å². The van der Waals surface area contributed by atoms with Crippen LogP contribution in [0.1, 0.15) is 11.4 Å². The van der Waals surface area contributed by atoms with Gasteiger partial charge in [-0.25, -0.2) is 0 Å². The highest BCUT2D eigenvalue weighted by molar-refractivity contribution is 5.96. The van der Waals surface area contributed by atoms with Crippen LogP contribution in [0.2, 0.25) is 0 Å². The Labute approximate surface area is 93.1 Å². The van der Waals surface area contributed by atoms with Gasteiger partial charge in [-0.15, -0.1) is 0 Å². The molecule has 3 rings (SSSR count). The van der Waals surface area contributed by atoms with Crippen LogP contribution in [0.25, 0.3) is 22.2 Å². The third kappa shape index (κ3) is 1.25. The number of nitrogens with zero attached hydrogens (tertiary/aromatic N) is 1. The number of hydrogen-bond acceptors (Lipinski definition) is 2. The van der Waals surface area contributed by atoms with E-state index in [4.69, 9.17) is 4.52 Å². The fraction of sp³-hybridized carbons (Fsp3) is 0.154. The van der Waals surface area contributed by atoms with Crippen molar-refractivity contribution in [2.75, 3.05) is 0 Å². The summed E-state index contributed by atoms with van der Waals surface area (Å²) in [4.78, 5) is 3.35. The second kappa shape index (κ2) is 3.23. The Morgan fingerprint density at radius 3 is 2.75 bits per heavy atom. The number of aromatic amines is 1. The van der Waals surface area contributed by atoms with Gasteiger partial charge in [0.15, 0.2) is 5.76 Å². The Morgan fingerprint density at radius 2 is 2.00 bits per heavy atom. The minimum atomic E-state index is 0.826. The Balaban J connectivity index is 2.34. The molecule has 0 aliphatic heterocycles. The van der Waals surface area contributed by atoms with Crippen LogP contribution in [0, 0.1) is 13.8 Å². The van der Waals surface area contributed by atoms with E-state index >= 15 is 0 Å². The smallest absolute Gasteiger partial charge is 0.169 e. The summed E-state index contributed by atoms with van der Waals surface area (Å²) >= 11 is 0. The number of fused-ring (bicyclic) bond motifs is 1. The van der Waals surface area contributed by atoms with Gasteiger partial charge in [-0.3, -0.25) is 0 Å². The number of aryl methyl sites for hydroxylation is 2. The third-order valence-corrected chi connectivity index (χ3v) is 2.77. The maximum absolute atomic E-state index is 5.33. The highest BCUT2D eigenvalue weighted by atomic mass is 16.5. The maximum Gasteiger partial charge on any atom is 0.169 e. The lowest BCUT2D eigenvalue weighted by atomic mass is 10.1. The molecule has 0 radical (unpaired) electrons. The summed E-state index contributed by atoms with van der Waals surface area (Å²) in [6.07, 6.45) is 0. The summed E-state index contributed by atoms with van der Waals surface area (Å²) in [5, 5.41) is 5.11. The molecule has 0 fully saturated rings. The molecule has 0 amide bonds. The predicted octanol–water partition coefficient (Wildman–Crippen LogP) is 3.44. The van der Waals surface area contributed by atoms with E-state index in [1.165, 1.54) is 5.39 Å². The molecule has 0 aliphatic carbocycles. The maximum atomic E-state index is 5.33. The fourth-order valence-electron chi connectivity index (χ4n) is 2.08. The molecule has 0 atom stereocenters. The van der Waals surface area contributed by atoms with Crippen molar-refractivity contribution in [1.82, 2.24) is 10.1 Å². The quantitative estimate of drug-likeness (QED) is 0.671. The van der Waals surface area contributed by atoms with Crippen molar-refractivity contribution in [2.24, 2.45) is 0 Å². The average Bonchev–Trinajstić information content (AvgIpc) is 2.80. The van der Waals surface area contributed by atoms with Gasteiger partial charge in [-0.1, -0.05) is 23.4 Å². The van der Waals surface area contributed by atoms with Gasteiger partial charge in [0.05, 0.1) is 5.69 Å². The number of H-pyrrole nitrogens is 1. The van der Waals surface area contributed by atoms with Gasteiger partial charge in [-0.2, -0.15) is 0 Å². The summed E-state index contributed by atoms with van der Waals surface area (Å²) in [6.45, 7) is 3.98. The summed E-state index contributed by atoms with van der Waals surface area (Å²) in [7, 11) is 0. The highest BCUT2D eigenvalue weighted by Crippen LogP contribution is 2.32. The zero-order valence-electron chi connectivity index (χ0n) is 9.24. The molecule has 0 bridgehead atoms. The van der Waals surface area contributed by atoms with Crippen LogP contribution in [0.4, 0.5) is 0 Å². The van der Waals surface area contributed by atoms with Crippen LogP contribution >= 0.6 is 0 Å². The van der Waals surface area contributed by atoms with Gasteiger partial charge in [0.1, 0.15) is 0 Å². The summed E-state index contributed by atoms with van der Waals surface area (Å²) < 4.78 is 5.33. The van der Waals surface area contributed by atoms with Crippen LogP contribution in [0.15, 0.2) is 34.9 Å². The van der Waals surface area contributed by atoms with Gasteiger partial charge in [-0.05, 0) is 19.9 Å².